The van der Waals surface area contributed by atoms with Crippen LogP contribution in [0.2, 0.25) is 0 Å². The molecule has 0 spiro atoms. The molecule has 412 valence electrons. The number of aromatic amines is 1. The van der Waals surface area contributed by atoms with Gasteiger partial charge in [0.05, 0.1) is 31.4 Å². The minimum Gasteiger partial charge on any atom is -0.508 e. The number of aryl methyl sites for hydroxylation is 1. The van der Waals surface area contributed by atoms with Gasteiger partial charge in [-0.05, 0) is 175 Å². The van der Waals surface area contributed by atoms with Crippen LogP contribution in [-0.4, -0.2) is 73.3 Å². The topological polar surface area (TPSA) is 212 Å². The molecular weight excluding hydrogens is 1010 g/mol. The molecule has 0 radical (unpaired) electrons. The number of aliphatic hydroxyl groups excluding tert-OH is 3. The molecule has 78 heavy (non-hydrogen) atoms. The second-order valence-electron chi connectivity index (χ2n) is 23.2. The van der Waals surface area contributed by atoms with Crippen molar-refractivity contribution >= 4 is 33.2 Å². The number of phenols is 2. The maximum absolute atomic E-state index is 14.3. The van der Waals surface area contributed by atoms with Gasteiger partial charge in [-0.1, -0.05) is 101 Å². The molecule has 10 N–H and O–H groups in total. The molecule has 8 atom stereocenters. The Labute approximate surface area is 467 Å². The normalized spacial score (nSPS) is 25.1. The number of aliphatic hydroxyl groups is 3. The van der Waals surface area contributed by atoms with Crippen LogP contribution in [0.3, 0.4) is 0 Å². The Hall–Kier alpha value is -5.30. The second kappa shape index (κ2) is 25.4. The Morgan fingerprint density at radius 3 is 2.45 bits per heavy atom. The number of aromatic nitrogens is 1. The zero-order valence-electron chi connectivity index (χ0n) is 44.7. The molecule has 5 aliphatic rings. The summed E-state index contributed by atoms with van der Waals surface area (Å²) in [5.41, 5.74) is 21.9. The highest BCUT2D eigenvalue weighted by molar-refractivity contribution is 8.76. The number of Topliss-reactive ketones (excluding diaryl/α,β-unsaturated/α-hetero) is 1. The van der Waals surface area contributed by atoms with Crippen molar-refractivity contribution in [3.63, 3.8) is 0 Å². The first kappa shape index (κ1) is 56.0. The van der Waals surface area contributed by atoms with Crippen LogP contribution in [0.5, 0.6) is 17.2 Å². The van der Waals surface area contributed by atoms with Crippen molar-refractivity contribution in [3.8, 4) is 29.1 Å². The molecule has 2 heterocycles. The molecule has 4 aliphatic carbocycles. The third-order valence-electron chi connectivity index (χ3n) is 18.1. The van der Waals surface area contributed by atoms with E-state index in [0.717, 1.165) is 97.7 Å². The van der Waals surface area contributed by atoms with E-state index in [2.05, 4.69) is 53.2 Å². The molecule has 13 heteroatoms. The summed E-state index contributed by atoms with van der Waals surface area (Å²) >= 11 is 0. The number of fused-ring (bicyclic) bond motifs is 10. The number of phenolic OH excluding ortho intramolecular Hbond substituents is 2. The number of carbonyl (C=O) groups excluding carboxylic acids is 2. The Morgan fingerprint density at radius 1 is 0.821 bits per heavy atom. The number of hydrogen-bond donors (Lipinski definition) is 8. The molecule has 0 saturated heterocycles. The van der Waals surface area contributed by atoms with E-state index in [-0.39, 0.29) is 73.0 Å². The maximum atomic E-state index is 14.3. The smallest absolute Gasteiger partial charge is 0.165 e. The molecule has 2 fully saturated rings. The minimum atomic E-state index is -0.810. The number of carbonyl (C=O) groups is 2. The summed E-state index contributed by atoms with van der Waals surface area (Å²) in [5, 5.41) is 57.2. The van der Waals surface area contributed by atoms with Gasteiger partial charge in [0.15, 0.2) is 23.1 Å². The second-order valence-corrected chi connectivity index (χ2v) is 25.7. The minimum absolute atomic E-state index is 0.00842. The highest BCUT2D eigenvalue weighted by Gasteiger charge is 2.44. The summed E-state index contributed by atoms with van der Waals surface area (Å²) in [4.78, 5) is 31.5. The largest absolute Gasteiger partial charge is 0.508 e. The molecular formula is C65H77N3O8S2. The summed E-state index contributed by atoms with van der Waals surface area (Å²) in [6.07, 6.45) is 16.2. The first-order chi connectivity index (χ1) is 37.8. The lowest BCUT2D eigenvalue weighted by Crippen LogP contribution is -2.28. The molecule has 5 aromatic rings. The third kappa shape index (κ3) is 13.1. The number of nitrogens with one attached hydrogen (secondary N) is 1. The van der Waals surface area contributed by atoms with Crippen LogP contribution in [0.4, 0.5) is 0 Å². The zero-order chi connectivity index (χ0) is 54.3. The van der Waals surface area contributed by atoms with E-state index in [1.165, 1.54) is 11.1 Å². The summed E-state index contributed by atoms with van der Waals surface area (Å²) in [7, 11) is 3.37. The number of aromatic hydroxyl groups is 2. The number of nitrogens with two attached hydrogens (primary N) is 2. The summed E-state index contributed by atoms with van der Waals surface area (Å²) < 4.78 is 6.22. The molecule has 2 saturated carbocycles. The van der Waals surface area contributed by atoms with Crippen molar-refractivity contribution in [2.24, 2.45) is 40.6 Å². The van der Waals surface area contributed by atoms with Crippen LogP contribution in [0.15, 0.2) is 97.2 Å². The Morgan fingerprint density at radius 2 is 1.63 bits per heavy atom. The fourth-order valence-corrected chi connectivity index (χ4v) is 16.2. The quantitative estimate of drug-likeness (QED) is 0.0300. The van der Waals surface area contributed by atoms with E-state index in [9.17, 15) is 35.1 Å². The van der Waals surface area contributed by atoms with Crippen molar-refractivity contribution in [2.45, 2.75) is 145 Å². The number of allylic oxidation sites excluding steroid dienone is 2. The van der Waals surface area contributed by atoms with Gasteiger partial charge in [-0.2, -0.15) is 0 Å². The van der Waals surface area contributed by atoms with Crippen molar-refractivity contribution in [1.29, 1.82) is 0 Å². The Bertz CT molecular complexity index is 3030. The number of hydrogen-bond acceptors (Lipinski definition) is 12. The molecule has 11 nitrogen and oxygen atoms in total. The van der Waals surface area contributed by atoms with Crippen LogP contribution in [0.25, 0.3) is 0 Å². The lowest BCUT2D eigenvalue weighted by atomic mass is 9.72. The monoisotopic (exact) mass is 1090 g/mol. The molecule has 8 bridgehead atoms. The number of H-pyrrole nitrogens is 1. The van der Waals surface area contributed by atoms with Gasteiger partial charge in [0.2, 0.25) is 0 Å². The SMILES string of the molecule is NC(N)c1cc2c3cc1CSSCC1CC(CCC(CC(O)C4CCCC4)C4CCC(CO)c5ccccc5C4)(C=CC(=O)CCc4ccc(O)c(c4)OCCc4ccc(O)c(c4)C3CC(=O)c3cc[nH]c3CC#C2)CC1O. The van der Waals surface area contributed by atoms with Crippen LogP contribution in [0, 0.1) is 40.9 Å². The molecule has 1 aliphatic heterocycles. The van der Waals surface area contributed by atoms with E-state index in [4.69, 9.17) is 16.2 Å². The molecule has 8 unspecified atom stereocenters. The lowest BCUT2D eigenvalue weighted by Gasteiger charge is -2.34. The fraction of sp³-hybridized carbons (Fsp3) is 0.477. The molecule has 1 aromatic heterocycles. The van der Waals surface area contributed by atoms with Crippen molar-refractivity contribution in [3.05, 3.63) is 159 Å². The van der Waals surface area contributed by atoms with Gasteiger partial charge in [0.1, 0.15) is 5.75 Å². The number of rotatable bonds is 9. The summed E-state index contributed by atoms with van der Waals surface area (Å²) in [6, 6.07) is 25.0. The highest BCUT2D eigenvalue weighted by Crippen LogP contribution is 2.51. The predicted molar refractivity (Wildman–Crippen MR) is 311 cm³/mol. The van der Waals surface area contributed by atoms with E-state index in [1.807, 2.05) is 24.3 Å². The van der Waals surface area contributed by atoms with Gasteiger partial charge in [0.25, 0.3) is 0 Å². The fourth-order valence-electron chi connectivity index (χ4n) is 13.7. The first-order valence-corrected chi connectivity index (χ1v) is 31.0. The first-order valence-electron chi connectivity index (χ1n) is 28.5. The van der Waals surface area contributed by atoms with Gasteiger partial charge < -0.3 is 46.7 Å². The van der Waals surface area contributed by atoms with Gasteiger partial charge in [-0.25, -0.2) is 0 Å². The van der Waals surface area contributed by atoms with Gasteiger partial charge in [-0.3, -0.25) is 9.59 Å². The van der Waals surface area contributed by atoms with Gasteiger partial charge in [-0.15, -0.1) is 0 Å². The number of benzene rings is 4. The van der Waals surface area contributed by atoms with E-state index < -0.39 is 23.6 Å². The molecule has 4 aromatic carbocycles. The summed E-state index contributed by atoms with van der Waals surface area (Å²) in [5.74, 6) is 8.45. The molecule has 10 rings (SSSR count). The lowest BCUT2D eigenvalue weighted by molar-refractivity contribution is -0.114. The highest BCUT2D eigenvalue weighted by atomic mass is 33.1. The number of ether oxygens (including phenoxy) is 1. The third-order valence-corrected chi connectivity index (χ3v) is 20.6. The van der Waals surface area contributed by atoms with Gasteiger partial charge >= 0.3 is 0 Å². The predicted octanol–water partition coefficient (Wildman–Crippen LogP) is 11.1. The van der Waals surface area contributed by atoms with Crippen molar-refractivity contribution < 1.29 is 39.9 Å². The van der Waals surface area contributed by atoms with Crippen LogP contribution in [0.1, 0.15) is 168 Å². The van der Waals surface area contributed by atoms with E-state index in [1.54, 1.807) is 58.1 Å². The average Bonchev–Trinajstić information content (AvgIpc) is 4.24. The summed E-state index contributed by atoms with van der Waals surface area (Å²) in [6.45, 7) is 0.325. The van der Waals surface area contributed by atoms with Crippen molar-refractivity contribution in [1.82, 2.24) is 4.98 Å². The van der Waals surface area contributed by atoms with Crippen molar-refractivity contribution in [2.75, 3.05) is 19.0 Å². The van der Waals surface area contributed by atoms with Crippen LogP contribution < -0.4 is 16.2 Å². The van der Waals surface area contributed by atoms with Gasteiger partial charge in [0, 0.05) is 77.8 Å². The number of ketones is 2. The van der Waals surface area contributed by atoms with E-state index in [0.29, 0.717) is 77.9 Å². The van der Waals surface area contributed by atoms with E-state index >= 15 is 0 Å². The van der Waals surface area contributed by atoms with Crippen LogP contribution in [-0.2, 0) is 36.2 Å². The standard InChI is InChI=1S/C65H77N3O8S2/c66-64(67)54-31-46-9-5-11-57-52(22-26-68-57)61(74)34-55-53(46)32-48(54)38-77-78-39-49-35-65(36-62(49)75,25-21-50(70)17-12-40-14-19-59(72)63(29-40)76-27-23-41-13-18-58(71)56(55)28-41)24-20-44(33-60(73)42-6-1-2-7-42)43-15-16-47(37-69)51-10-4-3-8-45(51)30-43/h3-4,8,10,13-14,18-19,21-22,25-26,28-29,31-32,42-44,47,49,55,60,62,64,68-69,71-73,75H,1-2,6-7,11-12,15-17,20,23-24,27,30,33-39,66-67H2. The zero-order valence-corrected chi connectivity index (χ0v) is 46.3. The Kier molecular flexibility index (Phi) is 18.3. The average molecular weight is 1090 g/mol. The maximum Gasteiger partial charge on any atom is 0.165 e. The van der Waals surface area contributed by atoms with Crippen LogP contribution >= 0.6 is 21.6 Å². The molecule has 0 amide bonds. The Balaban J connectivity index is 0.969.